The first-order valence-electron chi connectivity index (χ1n) is 5.85. The lowest BCUT2D eigenvalue weighted by Crippen LogP contribution is -2.52. The largest absolute Gasteiger partial charge is 0.496 e. The van der Waals surface area contributed by atoms with Crippen LogP contribution in [0.25, 0.3) is 0 Å². The van der Waals surface area contributed by atoms with Gasteiger partial charge in [0.25, 0.3) is 0 Å². The molecule has 0 bridgehead atoms. The molecular formula is C13H20N2O2. The van der Waals surface area contributed by atoms with Gasteiger partial charge in [0.2, 0.25) is 0 Å². The summed E-state index contributed by atoms with van der Waals surface area (Å²) in [5, 5.41) is 3.41. The molecule has 3 N–H and O–H groups in total. The Bertz CT molecular complexity index is 383. The maximum Gasteiger partial charge on any atom is 0.121 e. The summed E-state index contributed by atoms with van der Waals surface area (Å²) in [6.45, 7) is 5.07. The van der Waals surface area contributed by atoms with E-state index in [1.54, 1.807) is 7.11 Å². The molecule has 2 rings (SSSR count). The fraction of sp³-hybridized carbons (Fsp3) is 0.538. The number of hydrogen-bond acceptors (Lipinski definition) is 4. The predicted octanol–water partition coefficient (Wildman–Crippen LogP) is 1.39. The lowest BCUT2D eigenvalue weighted by atomic mass is 9.86. The minimum atomic E-state index is 0.119. The van der Waals surface area contributed by atoms with Crippen molar-refractivity contribution in [2.24, 2.45) is 11.1 Å². The predicted molar refractivity (Wildman–Crippen MR) is 68.5 cm³/mol. The maximum atomic E-state index is 5.77. The molecule has 0 unspecified atom stereocenters. The average molecular weight is 236 g/mol. The van der Waals surface area contributed by atoms with E-state index in [1.807, 2.05) is 19.1 Å². The summed E-state index contributed by atoms with van der Waals surface area (Å²) in [7, 11) is 1.69. The van der Waals surface area contributed by atoms with Gasteiger partial charge in [-0.25, -0.2) is 0 Å². The zero-order valence-electron chi connectivity index (χ0n) is 10.5. The van der Waals surface area contributed by atoms with E-state index in [-0.39, 0.29) is 5.41 Å². The Morgan fingerprint density at radius 1 is 1.47 bits per heavy atom. The molecular weight excluding hydrogens is 216 g/mol. The summed E-state index contributed by atoms with van der Waals surface area (Å²) < 4.78 is 10.5. The van der Waals surface area contributed by atoms with E-state index in [9.17, 15) is 0 Å². The summed E-state index contributed by atoms with van der Waals surface area (Å²) in [5.74, 6) is 0.913. The summed E-state index contributed by atoms with van der Waals surface area (Å²) in [4.78, 5) is 0. The van der Waals surface area contributed by atoms with Gasteiger partial charge in [-0.15, -0.1) is 0 Å². The van der Waals surface area contributed by atoms with Gasteiger partial charge in [-0.2, -0.15) is 0 Å². The molecule has 4 heteroatoms. The average Bonchev–Trinajstić information content (AvgIpc) is 2.28. The van der Waals surface area contributed by atoms with Crippen LogP contribution in [0, 0.1) is 12.3 Å². The number of ether oxygens (including phenoxy) is 2. The molecule has 1 aliphatic rings. The van der Waals surface area contributed by atoms with Crippen molar-refractivity contribution in [3.63, 3.8) is 0 Å². The first kappa shape index (κ1) is 12.2. The molecule has 0 saturated carbocycles. The van der Waals surface area contributed by atoms with E-state index in [1.165, 1.54) is 0 Å². The molecule has 4 nitrogen and oxygen atoms in total. The molecule has 0 spiro atoms. The van der Waals surface area contributed by atoms with Crippen LogP contribution < -0.4 is 15.8 Å². The highest BCUT2D eigenvalue weighted by molar-refractivity contribution is 5.50. The number of hydrogen-bond donors (Lipinski definition) is 2. The number of anilines is 1. The molecule has 0 radical (unpaired) electrons. The third-order valence-corrected chi connectivity index (χ3v) is 3.31. The van der Waals surface area contributed by atoms with Gasteiger partial charge in [-0.05, 0) is 30.7 Å². The van der Waals surface area contributed by atoms with E-state index in [4.69, 9.17) is 15.2 Å². The lowest BCUT2D eigenvalue weighted by Gasteiger charge is -2.40. The molecule has 0 atom stereocenters. The van der Waals surface area contributed by atoms with Crippen LogP contribution in [0.2, 0.25) is 0 Å². The zero-order chi connectivity index (χ0) is 12.3. The van der Waals surface area contributed by atoms with E-state index in [0.717, 1.165) is 36.8 Å². The maximum absolute atomic E-state index is 5.77. The van der Waals surface area contributed by atoms with Gasteiger partial charge >= 0.3 is 0 Å². The molecule has 17 heavy (non-hydrogen) atoms. The molecule has 0 aliphatic carbocycles. The van der Waals surface area contributed by atoms with Gasteiger partial charge < -0.3 is 20.5 Å². The highest BCUT2D eigenvalue weighted by atomic mass is 16.5. The van der Waals surface area contributed by atoms with E-state index < -0.39 is 0 Å². The third-order valence-electron chi connectivity index (χ3n) is 3.31. The highest BCUT2D eigenvalue weighted by Crippen LogP contribution is 2.27. The summed E-state index contributed by atoms with van der Waals surface area (Å²) in [5.41, 5.74) is 8.12. The van der Waals surface area contributed by atoms with Crippen molar-refractivity contribution in [2.75, 3.05) is 38.7 Å². The van der Waals surface area contributed by atoms with Crippen LogP contribution in [-0.4, -0.2) is 33.4 Å². The third kappa shape index (κ3) is 2.53. The molecule has 1 saturated heterocycles. The molecule has 1 fully saturated rings. The van der Waals surface area contributed by atoms with Crippen molar-refractivity contribution < 1.29 is 9.47 Å². The van der Waals surface area contributed by atoms with Gasteiger partial charge in [-0.1, -0.05) is 0 Å². The van der Waals surface area contributed by atoms with Gasteiger partial charge in [0.15, 0.2) is 0 Å². The van der Waals surface area contributed by atoms with Crippen LogP contribution in [-0.2, 0) is 4.74 Å². The quantitative estimate of drug-likeness (QED) is 0.811. The Balaban J connectivity index is 1.97. The minimum absolute atomic E-state index is 0.119. The fourth-order valence-electron chi connectivity index (χ4n) is 1.96. The van der Waals surface area contributed by atoms with Crippen LogP contribution in [0.5, 0.6) is 5.75 Å². The summed E-state index contributed by atoms with van der Waals surface area (Å²) >= 11 is 0. The highest BCUT2D eigenvalue weighted by Gasteiger charge is 2.36. The minimum Gasteiger partial charge on any atom is -0.496 e. The molecule has 1 aromatic carbocycles. The number of aryl methyl sites for hydroxylation is 1. The van der Waals surface area contributed by atoms with Crippen LogP contribution in [0.3, 0.4) is 0 Å². The monoisotopic (exact) mass is 236 g/mol. The van der Waals surface area contributed by atoms with Crippen LogP contribution >= 0.6 is 0 Å². The van der Waals surface area contributed by atoms with Gasteiger partial charge in [0.05, 0.1) is 20.3 Å². The first-order valence-corrected chi connectivity index (χ1v) is 5.85. The van der Waals surface area contributed by atoms with Crippen LogP contribution in [0.4, 0.5) is 5.69 Å². The second-order valence-electron chi connectivity index (χ2n) is 4.73. The second-order valence-corrected chi connectivity index (χ2v) is 4.73. The van der Waals surface area contributed by atoms with Crippen molar-refractivity contribution in [3.05, 3.63) is 23.8 Å². The molecule has 1 heterocycles. The van der Waals surface area contributed by atoms with Crippen molar-refractivity contribution in [1.29, 1.82) is 0 Å². The smallest absolute Gasteiger partial charge is 0.121 e. The van der Waals surface area contributed by atoms with Gasteiger partial charge in [0.1, 0.15) is 5.75 Å². The van der Waals surface area contributed by atoms with Crippen molar-refractivity contribution in [1.82, 2.24) is 0 Å². The van der Waals surface area contributed by atoms with Crippen molar-refractivity contribution in [2.45, 2.75) is 6.92 Å². The molecule has 0 amide bonds. The van der Waals surface area contributed by atoms with E-state index >= 15 is 0 Å². The Kier molecular flexibility index (Phi) is 3.54. The Labute approximate surface area is 102 Å². The molecule has 94 valence electrons. The number of benzene rings is 1. The van der Waals surface area contributed by atoms with Crippen LogP contribution in [0.1, 0.15) is 5.56 Å². The summed E-state index contributed by atoms with van der Waals surface area (Å²) in [6.07, 6.45) is 0. The molecule has 1 aromatic rings. The number of nitrogens with two attached hydrogens (primary N) is 1. The number of rotatable bonds is 5. The van der Waals surface area contributed by atoms with E-state index in [2.05, 4.69) is 11.4 Å². The zero-order valence-corrected chi connectivity index (χ0v) is 10.5. The van der Waals surface area contributed by atoms with Gasteiger partial charge in [0, 0.05) is 24.2 Å². The number of methoxy groups -OCH3 is 1. The van der Waals surface area contributed by atoms with Crippen molar-refractivity contribution in [3.8, 4) is 5.75 Å². The Hall–Kier alpha value is -1.26. The Morgan fingerprint density at radius 2 is 2.24 bits per heavy atom. The second kappa shape index (κ2) is 4.94. The standard InChI is InChI=1S/C13H20N2O2/c1-10-5-11(3-4-12(10)16-2)15-7-13(6-14)8-17-9-13/h3-5,15H,6-9,14H2,1-2H3. The summed E-state index contributed by atoms with van der Waals surface area (Å²) in [6, 6.07) is 6.09. The molecule has 1 aliphatic heterocycles. The normalized spacial score (nSPS) is 17.4. The first-order chi connectivity index (χ1) is 8.19. The van der Waals surface area contributed by atoms with Gasteiger partial charge in [-0.3, -0.25) is 0 Å². The molecule has 0 aromatic heterocycles. The van der Waals surface area contributed by atoms with E-state index in [0.29, 0.717) is 6.54 Å². The SMILES string of the molecule is COc1ccc(NCC2(CN)COC2)cc1C. The number of nitrogens with one attached hydrogen (secondary N) is 1. The lowest BCUT2D eigenvalue weighted by molar-refractivity contribution is -0.0979. The van der Waals surface area contributed by atoms with Crippen LogP contribution in [0.15, 0.2) is 18.2 Å². The topological polar surface area (TPSA) is 56.5 Å². The van der Waals surface area contributed by atoms with Crippen molar-refractivity contribution >= 4 is 5.69 Å². The Morgan fingerprint density at radius 3 is 2.71 bits per heavy atom. The fourth-order valence-corrected chi connectivity index (χ4v) is 1.96.